The Morgan fingerprint density at radius 2 is 2.14 bits per heavy atom. The van der Waals surface area contributed by atoms with Crippen LogP contribution in [0.15, 0.2) is 6.33 Å². The van der Waals surface area contributed by atoms with E-state index in [1.165, 1.54) is 0 Å². The second kappa shape index (κ2) is 5.72. The molecule has 1 saturated heterocycles. The number of nitrogens with zero attached hydrogens (tertiary/aromatic N) is 5. The van der Waals surface area contributed by atoms with E-state index < -0.39 is 0 Å². The molecule has 1 aliphatic heterocycles. The smallest absolute Gasteiger partial charge is 0.409 e. The first-order chi connectivity index (χ1) is 10.2. The van der Waals surface area contributed by atoms with E-state index in [1.807, 2.05) is 0 Å². The molecule has 0 saturated carbocycles. The lowest BCUT2D eigenvalue weighted by Crippen LogP contribution is -2.49. The number of aromatic nitrogens is 4. The maximum atomic E-state index is 11.7. The minimum Gasteiger partial charge on any atom is -0.450 e. The molecule has 0 aromatic carbocycles. The molecular weight excluding hydrogens is 296 g/mol. The van der Waals surface area contributed by atoms with Gasteiger partial charge in [-0.15, -0.1) is 0 Å². The summed E-state index contributed by atoms with van der Waals surface area (Å²) in [7, 11) is 0. The zero-order chi connectivity index (χ0) is 14.8. The third-order valence-corrected chi connectivity index (χ3v) is 3.51. The molecule has 21 heavy (non-hydrogen) atoms. The molecule has 1 fully saturated rings. The summed E-state index contributed by atoms with van der Waals surface area (Å²) in [5.41, 5.74) is 1.29. The van der Waals surface area contributed by atoms with Crippen molar-refractivity contribution in [1.29, 1.82) is 0 Å². The highest BCUT2D eigenvalue weighted by Gasteiger charge is 2.24. The van der Waals surface area contributed by atoms with E-state index in [2.05, 4.69) is 24.8 Å². The number of aromatic amines is 1. The van der Waals surface area contributed by atoms with Crippen LogP contribution in [0.25, 0.3) is 11.2 Å². The first kappa shape index (κ1) is 13.9. The van der Waals surface area contributed by atoms with E-state index in [0.29, 0.717) is 44.3 Å². The summed E-state index contributed by atoms with van der Waals surface area (Å²) in [6.45, 7) is 4.65. The predicted molar refractivity (Wildman–Crippen MR) is 77.5 cm³/mol. The first-order valence-corrected chi connectivity index (χ1v) is 7.10. The van der Waals surface area contributed by atoms with Gasteiger partial charge in [0, 0.05) is 26.2 Å². The summed E-state index contributed by atoms with van der Waals surface area (Å²) in [6.07, 6.45) is 1.29. The number of anilines is 1. The van der Waals surface area contributed by atoms with Crippen LogP contribution in [-0.2, 0) is 4.74 Å². The Kier molecular flexibility index (Phi) is 3.78. The van der Waals surface area contributed by atoms with Gasteiger partial charge in [-0.05, 0) is 18.5 Å². The number of hydrogen-bond donors (Lipinski definition) is 1. The summed E-state index contributed by atoms with van der Waals surface area (Å²) in [4.78, 5) is 30.9. The van der Waals surface area contributed by atoms with Gasteiger partial charge in [0.05, 0.1) is 12.9 Å². The topological polar surface area (TPSA) is 87.2 Å². The Bertz CT molecular complexity index is 652. The predicted octanol–water partition coefficient (Wildman–Crippen LogP) is 1.28. The highest BCUT2D eigenvalue weighted by molar-refractivity contribution is 6.28. The summed E-state index contributed by atoms with van der Waals surface area (Å²) in [6, 6.07) is 0. The standard InChI is InChI=1S/C12H15ClN6O2/c1-2-21-12(20)19-5-3-18(4-6-19)10-8-9(15-7-14-8)16-11(13)17-10/h7H,2-6H2,1H3,(H,14,15,16,17). The van der Waals surface area contributed by atoms with E-state index in [4.69, 9.17) is 16.3 Å². The van der Waals surface area contributed by atoms with Gasteiger partial charge in [0.1, 0.15) is 5.52 Å². The second-order valence-electron chi connectivity index (χ2n) is 4.59. The Morgan fingerprint density at radius 3 is 2.86 bits per heavy atom. The van der Waals surface area contributed by atoms with Crippen LogP contribution in [0.1, 0.15) is 6.92 Å². The number of carbonyl (C=O) groups excluding carboxylic acids is 1. The van der Waals surface area contributed by atoms with Crippen LogP contribution in [0.5, 0.6) is 0 Å². The van der Waals surface area contributed by atoms with Crippen LogP contribution >= 0.6 is 11.6 Å². The van der Waals surface area contributed by atoms with Crippen molar-refractivity contribution >= 4 is 34.7 Å². The van der Waals surface area contributed by atoms with Crippen molar-refractivity contribution in [3.05, 3.63) is 11.6 Å². The lowest BCUT2D eigenvalue weighted by Gasteiger charge is -2.34. The summed E-state index contributed by atoms with van der Waals surface area (Å²) in [5.74, 6) is 0.714. The highest BCUT2D eigenvalue weighted by atomic mass is 35.5. The number of rotatable bonds is 2. The number of nitrogens with one attached hydrogen (secondary N) is 1. The van der Waals surface area contributed by atoms with Crippen LogP contribution in [0, 0.1) is 0 Å². The number of imidazole rings is 1. The molecule has 9 heteroatoms. The Labute approximate surface area is 126 Å². The van der Waals surface area contributed by atoms with Gasteiger partial charge >= 0.3 is 6.09 Å². The van der Waals surface area contributed by atoms with Gasteiger partial charge in [-0.2, -0.15) is 9.97 Å². The van der Waals surface area contributed by atoms with Gasteiger partial charge in [0.25, 0.3) is 0 Å². The zero-order valence-corrected chi connectivity index (χ0v) is 12.3. The Hall–Kier alpha value is -2.09. The molecule has 2 aromatic rings. The molecule has 1 aliphatic rings. The number of hydrogen-bond acceptors (Lipinski definition) is 6. The van der Waals surface area contributed by atoms with Gasteiger partial charge in [-0.1, -0.05) is 0 Å². The largest absolute Gasteiger partial charge is 0.450 e. The molecule has 1 N–H and O–H groups in total. The van der Waals surface area contributed by atoms with Crippen molar-refractivity contribution in [3.8, 4) is 0 Å². The third-order valence-electron chi connectivity index (χ3n) is 3.34. The molecule has 0 bridgehead atoms. The van der Waals surface area contributed by atoms with Crippen LogP contribution in [0.4, 0.5) is 10.6 Å². The molecule has 0 atom stereocenters. The van der Waals surface area contributed by atoms with Gasteiger partial charge in [-0.3, -0.25) is 0 Å². The molecule has 0 spiro atoms. The van der Waals surface area contributed by atoms with E-state index in [-0.39, 0.29) is 11.4 Å². The molecular formula is C12H15ClN6O2. The Morgan fingerprint density at radius 1 is 1.38 bits per heavy atom. The Balaban J connectivity index is 1.77. The number of amides is 1. The molecule has 2 aromatic heterocycles. The lowest BCUT2D eigenvalue weighted by molar-refractivity contribution is 0.105. The van der Waals surface area contributed by atoms with Gasteiger partial charge in [0.15, 0.2) is 11.5 Å². The fourth-order valence-corrected chi connectivity index (χ4v) is 2.50. The third kappa shape index (κ3) is 2.71. The summed E-state index contributed by atoms with van der Waals surface area (Å²) >= 11 is 5.93. The molecule has 3 heterocycles. The molecule has 0 unspecified atom stereocenters. The number of carbonyl (C=O) groups is 1. The van der Waals surface area contributed by atoms with Crippen LogP contribution < -0.4 is 4.90 Å². The van der Waals surface area contributed by atoms with Crippen molar-refractivity contribution in [2.75, 3.05) is 37.7 Å². The van der Waals surface area contributed by atoms with Gasteiger partial charge < -0.3 is 19.5 Å². The number of piperazine rings is 1. The van der Waals surface area contributed by atoms with Crippen LogP contribution in [0.3, 0.4) is 0 Å². The molecule has 1 amide bonds. The first-order valence-electron chi connectivity index (χ1n) is 6.72. The van der Waals surface area contributed by atoms with Gasteiger partial charge in [-0.25, -0.2) is 9.78 Å². The van der Waals surface area contributed by atoms with E-state index in [1.54, 1.807) is 18.2 Å². The summed E-state index contributed by atoms with van der Waals surface area (Å²) in [5, 5.41) is 0.164. The molecule has 112 valence electrons. The number of H-pyrrole nitrogens is 1. The van der Waals surface area contributed by atoms with E-state index in [0.717, 1.165) is 5.52 Å². The van der Waals surface area contributed by atoms with Crippen molar-refractivity contribution < 1.29 is 9.53 Å². The zero-order valence-electron chi connectivity index (χ0n) is 11.5. The summed E-state index contributed by atoms with van der Waals surface area (Å²) < 4.78 is 5.00. The SMILES string of the molecule is CCOC(=O)N1CCN(c2nc(Cl)nc3nc[nH]c23)CC1. The number of halogens is 1. The van der Waals surface area contributed by atoms with Gasteiger partial charge in [0.2, 0.25) is 5.28 Å². The van der Waals surface area contributed by atoms with E-state index >= 15 is 0 Å². The number of fused-ring (bicyclic) bond motifs is 1. The monoisotopic (exact) mass is 310 g/mol. The van der Waals surface area contributed by atoms with Crippen molar-refractivity contribution in [2.24, 2.45) is 0 Å². The second-order valence-corrected chi connectivity index (χ2v) is 4.93. The maximum Gasteiger partial charge on any atom is 0.409 e. The molecule has 0 aliphatic carbocycles. The average molecular weight is 311 g/mol. The number of ether oxygens (including phenoxy) is 1. The maximum absolute atomic E-state index is 11.7. The van der Waals surface area contributed by atoms with Crippen molar-refractivity contribution in [2.45, 2.75) is 6.92 Å². The van der Waals surface area contributed by atoms with Crippen LogP contribution in [-0.4, -0.2) is 63.7 Å². The quantitative estimate of drug-likeness (QED) is 0.841. The van der Waals surface area contributed by atoms with E-state index in [9.17, 15) is 4.79 Å². The normalized spacial score (nSPS) is 15.5. The molecule has 8 nitrogen and oxygen atoms in total. The lowest BCUT2D eigenvalue weighted by atomic mass is 10.3. The fraction of sp³-hybridized carbons (Fsp3) is 0.500. The molecule has 3 rings (SSSR count). The fourth-order valence-electron chi connectivity index (χ4n) is 2.34. The van der Waals surface area contributed by atoms with Crippen LogP contribution in [0.2, 0.25) is 5.28 Å². The minimum atomic E-state index is -0.274. The van der Waals surface area contributed by atoms with Crippen molar-refractivity contribution in [3.63, 3.8) is 0 Å². The minimum absolute atomic E-state index is 0.164. The highest BCUT2D eigenvalue weighted by Crippen LogP contribution is 2.23. The average Bonchev–Trinajstić information content (AvgIpc) is 2.95. The van der Waals surface area contributed by atoms with Crippen molar-refractivity contribution in [1.82, 2.24) is 24.8 Å². The molecule has 0 radical (unpaired) electrons.